The monoisotopic (exact) mass is 412 g/mol. The van der Waals surface area contributed by atoms with Crippen LogP contribution in [0.5, 0.6) is 17.2 Å². The summed E-state index contributed by atoms with van der Waals surface area (Å²) < 4.78 is 11.3. The summed E-state index contributed by atoms with van der Waals surface area (Å²) >= 11 is 6.00. The van der Waals surface area contributed by atoms with Crippen molar-refractivity contribution in [3.8, 4) is 17.2 Å². The molecule has 0 saturated heterocycles. The number of carbonyl (C=O) groups excluding carboxylic acids is 1. The number of para-hydroxylation sites is 1. The van der Waals surface area contributed by atoms with Gasteiger partial charge in [0, 0.05) is 12.1 Å². The zero-order valence-corrected chi connectivity index (χ0v) is 16.1. The first-order chi connectivity index (χ1) is 13.9. The van der Waals surface area contributed by atoms with Crippen LogP contribution in [0.2, 0.25) is 5.02 Å². The average Bonchev–Trinajstić information content (AvgIpc) is 2.71. The molecule has 8 heteroatoms. The van der Waals surface area contributed by atoms with Gasteiger partial charge in [0.05, 0.1) is 15.6 Å². The number of ether oxygens (including phenoxy) is 2. The van der Waals surface area contributed by atoms with Gasteiger partial charge in [0.1, 0.15) is 17.2 Å². The lowest BCUT2D eigenvalue weighted by atomic mass is 10.2. The highest BCUT2D eigenvalue weighted by Gasteiger charge is 2.18. The summed E-state index contributed by atoms with van der Waals surface area (Å²) in [5, 5.41) is 13.6. The van der Waals surface area contributed by atoms with Gasteiger partial charge in [-0.3, -0.25) is 14.9 Å². The molecule has 1 N–H and O–H groups in total. The van der Waals surface area contributed by atoms with Crippen LogP contribution in [-0.2, 0) is 4.79 Å². The first-order valence-corrected chi connectivity index (χ1v) is 9.04. The highest BCUT2D eigenvalue weighted by atomic mass is 35.5. The van der Waals surface area contributed by atoms with E-state index in [1.807, 2.05) is 30.3 Å². The molecule has 0 aromatic heterocycles. The van der Waals surface area contributed by atoms with Crippen molar-refractivity contribution in [2.45, 2.75) is 13.0 Å². The minimum Gasteiger partial charge on any atom is -0.481 e. The number of anilines is 1. The fraction of sp³-hybridized carbons (Fsp3) is 0.0952. The Morgan fingerprint density at radius 2 is 1.62 bits per heavy atom. The quantitative estimate of drug-likeness (QED) is 0.411. The first-order valence-electron chi connectivity index (χ1n) is 8.67. The van der Waals surface area contributed by atoms with Crippen LogP contribution in [0.1, 0.15) is 6.92 Å². The predicted molar refractivity (Wildman–Crippen MR) is 110 cm³/mol. The van der Waals surface area contributed by atoms with Gasteiger partial charge in [-0.25, -0.2) is 0 Å². The molecule has 1 amide bonds. The maximum Gasteiger partial charge on any atom is 0.271 e. The lowest BCUT2D eigenvalue weighted by Gasteiger charge is -2.15. The lowest BCUT2D eigenvalue weighted by Crippen LogP contribution is -2.30. The summed E-state index contributed by atoms with van der Waals surface area (Å²) in [5.41, 5.74) is -0.0276. The molecule has 0 aliphatic carbocycles. The van der Waals surface area contributed by atoms with Gasteiger partial charge in [-0.15, -0.1) is 0 Å². The van der Waals surface area contributed by atoms with Crippen LogP contribution >= 0.6 is 11.6 Å². The van der Waals surface area contributed by atoms with Gasteiger partial charge in [-0.2, -0.15) is 0 Å². The van der Waals surface area contributed by atoms with E-state index in [2.05, 4.69) is 5.32 Å². The van der Waals surface area contributed by atoms with Crippen LogP contribution in [0.25, 0.3) is 0 Å². The van der Waals surface area contributed by atoms with Gasteiger partial charge in [-0.05, 0) is 49.4 Å². The Labute approximate surface area is 172 Å². The smallest absolute Gasteiger partial charge is 0.271 e. The number of rotatable bonds is 7. The number of nitro benzene ring substituents is 1. The van der Waals surface area contributed by atoms with Crippen molar-refractivity contribution in [1.82, 2.24) is 0 Å². The average molecular weight is 413 g/mol. The Hall–Kier alpha value is -3.58. The third-order valence-electron chi connectivity index (χ3n) is 3.90. The molecule has 148 valence electrons. The maximum atomic E-state index is 12.4. The Balaban J connectivity index is 1.61. The number of benzene rings is 3. The van der Waals surface area contributed by atoms with Crippen molar-refractivity contribution < 1.29 is 19.2 Å². The van der Waals surface area contributed by atoms with Crippen LogP contribution in [0.15, 0.2) is 72.8 Å². The molecule has 0 aliphatic rings. The van der Waals surface area contributed by atoms with Crippen LogP contribution in [0.3, 0.4) is 0 Å². The summed E-state index contributed by atoms with van der Waals surface area (Å²) in [6.07, 6.45) is -0.855. The molecule has 1 unspecified atom stereocenters. The second-order valence-electron chi connectivity index (χ2n) is 6.06. The van der Waals surface area contributed by atoms with E-state index < -0.39 is 16.9 Å². The van der Waals surface area contributed by atoms with Crippen LogP contribution in [0, 0.1) is 10.1 Å². The zero-order chi connectivity index (χ0) is 20.8. The zero-order valence-electron chi connectivity index (χ0n) is 15.4. The standard InChI is InChI=1S/C21H17ClN2O5/c1-14(21(25)23-20-13-15(24(26)27)7-12-19(20)22)28-17-8-10-18(11-9-17)29-16-5-3-2-4-6-16/h2-14H,1H3,(H,23,25). The molecular formula is C21H17ClN2O5. The Morgan fingerprint density at radius 3 is 2.28 bits per heavy atom. The van der Waals surface area contributed by atoms with E-state index in [1.165, 1.54) is 18.2 Å². The second-order valence-corrected chi connectivity index (χ2v) is 6.46. The third kappa shape index (κ3) is 5.46. The van der Waals surface area contributed by atoms with Gasteiger partial charge in [-0.1, -0.05) is 29.8 Å². The SMILES string of the molecule is CC(Oc1ccc(Oc2ccccc2)cc1)C(=O)Nc1cc([N+](=O)[O-])ccc1Cl. The molecular weight excluding hydrogens is 396 g/mol. The molecule has 0 saturated carbocycles. The van der Waals surface area contributed by atoms with Gasteiger partial charge >= 0.3 is 0 Å². The lowest BCUT2D eigenvalue weighted by molar-refractivity contribution is -0.384. The molecule has 0 spiro atoms. The normalized spacial score (nSPS) is 11.4. The fourth-order valence-electron chi connectivity index (χ4n) is 2.43. The van der Waals surface area contributed by atoms with Crippen LogP contribution in [0.4, 0.5) is 11.4 Å². The molecule has 29 heavy (non-hydrogen) atoms. The second kappa shape index (κ2) is 9.07. The van der Waals surface area contributed by atoms with Crippen molar-refractivity contribution >= 4 is 28.9 Å². The van der Waals surface area contributed by atoms with Crippen molar-refractivity contribution in [1.29, 1.82) is 0 Å². The van der Waals surface area contributed by atoms with Crippen LogP contribution in [-0.4, -0.2) is 16.9 Å². The van der Waals surface area contributed by atoms with E-state index in [0.717, 1.165) is 0 Å². The Morgan fingerprint density at radius 1 is 1.00 bits per heavy atom. The van der Waals surface area contributed by atoms with E-state index in [1.54, 1.807) is 31.2 Å². The minimum absolute atomic E-state index is 0.146. The molecule has 3 rings (SSSR count). The van der Waals surface area contributed by atoms with Gasteiger partial charge in [0.2, 0.25) is 0 Å². The number of halogens is 1. The summed E-state index contributed by atoms with van der Waals surface area (Å²) in [5.74, 6) is 1.32. The maximum absolute atomic E-state index is 12.4. The molecule has 0 radical (unpaired) electrons. The van der Waals surface area contributed by atoms with E-state index in [-0.39, 0.29) is 16.4 Å². The molecule has 7 nitrogen and oxygen atoms in total. The molecule has 0 heterocycles. The predicted octanol–water partition coefficient (Wildman–Crippen LogP) is 5.45. The van der Waals surface area contributed by atoms with Crippen molar-refractivity contribution in [2.75, 3.05) is 5.32 Å². The van der Waals surface area contributed by atoms with Crippen molar-refractivity contribution in [2.24, 2.45) is 0 Å². The summed E-state index contributed by atoms with van der Waals surface area (Å²) in [6.45, 7) is 1.56. The summed E-state index contributed by atoms with van der Waals surface area (Å²) in [7, 11) is 0. The number of nitrogens with one attached hydrogen (secondary N) is 1. The number of nitro groups is 1. The minimum atomic E-state index is -0.855. The number of carbonyl (C=O) groups is 1. The molecule has 3 aromatic carbocycles. The Kier molecular flexibility index (Phi) is 6.31. The van der Waals surface area contributed by atoms with Crippen LogP contribution < -0.4 is 14.8 Å². The molecule has 0 aliphatic heterocycles. The number of hydrogen-bond acceptors (Lipinski definition) is 5. The molecule has 0 bridgehead atoms. The van der Waals surface area contributed by atoms with E-state index in [9.17, 15) is 14.9 Å². The largest absolute Gasteiger partial charge is 0.481 e. The molecule has 3 aromatic rings. The molecule has 1 atom stereocenters. The number of hydrogen-bond donors (Lipinski definition) is 1. The van der Waals surface area contributed by atoms with Gasteiger partial charge in [0.25, 0.3) is 11.6 Å². The first kappa shape index (κ1) is 20.2. The van der Waals surface area contributed by atoms with Gasteiger partial charge in [0.15, 0.2) is 6.10 Å². The van der Waals surface area contributed by atoms with E-state index in [0.29, 0.717) is 17.2 Å². The number of nitrogens with zero attached hydrogens (tertiary/aromatic N) is 1. The summed E-state index contributed by atoms with van der Waals surface area (Å²) in [4.78, 5) is 22.7. The van der Waals surface area contributed by atoms with E-state index in [4.69, 9.17) is 21.1 Å². The topological polar surface area (TPSA) is 90.7 Å². The van der Waals surface area contributed by atoms with Crippen molar-refractivity contribution in [3.63, 3.8) is 0 Å². The van der Waals surface area contributed by atoms with Crippen molar-refractivity contribution in [3.05, 3.63) is 87.9 Å². The van der Waals surface area contributed by atoms with Gasteiger partial charge < -0.3 is 14.8 Å². The highest BCUT2D eigenvalue weighted by Crippen LogP contribution is 2.27. The molecule has 0 fully saturated rings. The fourth-order valence-corrected chi connectivity index (χ4v) is 2.59. The Bertz CT molecular complexity index is 1010. The van der Waals surface area contributed by atoms with E-state index >= 15 is 0 Å². The third-order valence-corrected chi connectivity index (χ3v) is 4.23. The highest BCUT2D eigenvalue weighted by molar-refractivity contribution is 6.33. The summed E-state index contributed by atoms with van der Waals surface area (Å²) in [6, 6.07) is 20.0. The number of amides is 1. The number of non-ortho nitro benzene ring substituents is 1.